The van der Waals surface area contributed by atoms with E-state index in [2.05, 4.69) is 21.2 Å². The first-order valence-electron chi connectivity index (χ1n) is 4.41. The van der Waals surface area contributed by atoms with Crippen molar-refractivity contribution in [1.82, 2.24) is 5.32 Å². The zero-order valence-electron chi connectivity index (χ0n) is 8.33. The molecule has 0 aliphatic rings. The Balaban J connectivity index is 2.40. The molecule has 0 fully saturated rings. The van der Waals surface area contributed by atoms with Crippen LogP contribution in [0.1, 0.15) is 5.56 Å². The molecule has 0 radical (unpaired) electrons. The van der Waals surface area contributed by atoms with Gasteiger partial charge in [-0.15, -0.1) is 11.3 Å². The van der Waals surface area contributed by atoms with Gasteiger partial charge in [0.05, 0.1) is 3.79 Å². The first kappa shape index (κ1) is 12.6. The maximum atomic E-state index is 11.5. The zero-order valence-corrected chi connectivity index (χ0v) is 10.7. The first-order chi connectivity index (χ1) is 7.17. The van der Waals surface area contributed by atoms with Crippen molar-refractivity contribution >= 4 is 33.2 Å². The zero-order chi connectivity index (χ0) is 11.3. The second-order valence-corrected chi connectivity index (χ2v) is 5.23. The summed E-state index contributed by atoms with van der Waals surface area (Å²) in [4.78, 5) is 11.5. The van der Waals surface area contributed by atoms with Gasteiger partial charge in [0.1, 0.15) is 6.10 Å². The Morgan fingerprint density at radius 1 is 1.80 bits per heavy atom. The van der Waals surface area contributed by atoms with E-state index in [4.69, 9.17) is 10.5 Å². The molecule has 1 rings (SSSR count). The van der Waals surface area contributed by atoms with Crippen LogP contribution < -0.4 is 11.1 Å². The number of carbonyl (C=O) groups excluding carboxylic acids is 1. The lowest BCUT2D eigenvalue weighted by Gasteiger charge is -2.12. The quantitative estimate of drug-likeness (QED) is 0.854. The third-order valence-corrected chi connectivity index (χ3v) is 3.43. The molecule has 1 atom stereocenters. The number of methoxy groups -OCH3 is 1. The molecular weight excluding hydrogens is 280 g/mol. The minimum Gasteiger partial charge on any atom is -0.370 e. The van der Waals surface area contributed by atoms with Gasteiger partial charge in [0, 0.05) is 20.2 Å². The fraction of sp³-hybridized carbons (Fsp3) is 0.444. The van der Waals surface area contributed by atoms with Crippen LogP contribution in [0.25, 0.3) is 0 Å². The van der Waals surface area contributed by atoms with Crippen LogP contribution in [0.4, 0.5) is 0 Å². The molecule has 0 saturated carbocycles. The Morgan fingerprint density at radius 3 is 3.00 bits per heavy atom. The van der Waals surface area contributed by atoms with Crippen molar-refractivity contribution < 1.29 is 9.53 Å². The number of amides is 1. The molecule has 0 spiro atoms. The summed E-state index contributed by atoms with van der Waals surface area (Å²) in [6, 6.07) is 1.97. The predicted molar refractivity (Wildman–Crippen MR) is 63.7 cm³/mol. The molecule has 84 valence electrons. The molecule has 1 unspecified atom stereocenters. The summed E-state index contributed by atoms with van der Waals surface area (Å²) >= 11 is 4.94. The molecule has 0 aliphatic heterocycles. The van der Waals surface area contributed by atoms with E-state index in [9.17, 15) is 4.79 Å². The second kappa shape index (κ2) is 6.22. The average Bonchev–Trinajstić information content (AvgIpc) is 2.63. The lowest BCUT2D eigenvalue weighted by Crippen LogP contribution is -2.40. The topological polar surface area (TPSA) is 64.3 Å². The van der Waals surface area contributed by atoms with Crippen molar-refractivity contribution in [3.05, 3.63) is 20.8 Å². The summed E-state index contributed by atoms with van der Waals surface area (Å²) < 4.78 is 5.96. The van der Waals surface area contributed by atoms with E-state index in [0.29, 0.717) is 6.54 Å². The molecule has 1 aromatic heterocycles. The van der Waals surface area contributed by atoms with E-state index in [1.165, 1.54) is 7.11 Å². The number of halogens is 1. The summed E-state index contributed by atoms with van der Waals surface area (Å²) in [7, 11) is 1.47. The van der Waals surface area contributed by atoms with Crippen molar-refractivity contribution in [1.29, 1.82) is 0 Å². The third kappa shape index (κ3) is 3.90. The van der Waals surface area contributed by atoms with Crippen LogP contribution in [0.3, 0.4) is 0 Å². The Morgan fingerprint density at radius 2 is 2.53 bits per heavy atom. The van der Waals surface area contributed by atoms with E-state index in [-0.39, 0.29) is 12.5 Å². The van der Waals surface area contributed by atoms with Crippen molar-refractivity contribution in [3.8, 4) is 0 Å². The lowest BCUT2D eigenvalue weighted by atomic mass is 10.3. The van der Waals surface area contributed by atoms with Crippen LogP contribution >= 0.6 is 27.3 Å². The first-order valence-corrected chi connectivity index (χ1v) is 6.08. The third-order valence-electron chi connectivity index (χ3n) is 1.88. The summed E-state index contributed by atoms with van der Waals surface area (Å²) in [6.07, 6.45) is -0.563. The number of hydrogen-bond donors (Lipinski definition) is 2. The van der Waals surface area contributed by atoms with Gasteiger partial charge in [0.2, 0.25) is 0 Å². The molecule has 15 heavy (non-hydrogen) atoms. The molecule has 4 nitrogen and oxygen atoms in total. The lowest BCUT2D eigenvalue weighted by molar-refractivity contribution is -0.130. The minimum atomic E-state index is -0.563. The van der Waals surface area contributed by atoms with Crippen LogP contribution in [0.15, 0.2) is 15.2 Å². The van der Waals surface area contributed by atoms with E-state index in [1.54, 1.807) is 11.3 Å². The van der Waals surface area contributed by atoms with Gasteiger partial charge in [-0.2, -0.15) is 0 Å². The molecule has 0 saturated heterocycles. The molecule has 0 bridgehead atoms. The highest BCUT2D eigenvalue weighted by Crippen LogP contribution is 2.20. The fourth-order valence-corrected chi connectivity index (χ4v) is 2.26. The molecule has 1 heterocycles. The van der Waals surface area contributed by atoms with Crippen molar-refractivity contribution in [2.24, 2.45) is 5.73 Å². The molecule has 3 N–H and O–H groups in total. The van der Waals surface area contributed by atoms with Crippen molar-refractivity contribution in [3.63, 3.8) is 0 Å². The highest BCUT2D eigenvalue weighted by molar-refractivity contribution is 9.11. The summed E-state index contributed by atoms with van der Waals surface area (Å²) in [5.74, 6) is -0.178. The van der Waals surface area contributed by atoms with Gasteiger partial charge in [-0.3, -0.25) is 4.79 Å². The molecule has 1 aromatic rings. The Kier molecular flexibility index (Phi) is 5.24. The molecule has 6 heteroatoms. The van der Waals surface area contributed by atoms with Crippen LogP contribution in [0, 0.1) is 0 Å². The van der Waals surface area contributed by atoms with E-state index >= 15 is 0 Å². The normalized spacial score (nSPS) is 12.5. The van der Waals surface area contributed by atoms with Gasteiger partial charge in [0.15, 0.2) is 0 Å². The molecule has 0 aromatic carbocycles. The highest BCUT2D eigenvalue weighted by atomic mass is 79.9. The number of hydrogen-bond acceptors (Lipinski definition) is 4. The van der Waals surface area contributed by atoms with Crippen molar-refractivity contribution in [2.75, 3.05) is 13.7 Å². The Bertz CT molecular complexity index is 326. The molecule has 1 amide bonds. The average molecular weight is 293 g/mol. The smallest absolute Gasteiger partial charge is 0.250 e. The maximum absolute atomic E-state index is 11.5. The van der Waals surface area contributed by atoms with Gasteiger partial charge in [-0.1, -0.05) is 0 Å². The largest absolute Gasteiger partial charge is 0.370 e. The predicted octanol–water partition coefficient (Wildman–Crippen LogP) is 1.10. The monoisotopic (exact) mass is 292 g/mol. The van der Waals surface area contributed by atoms with Gasteiger partial charge in [0.25, 0.3) is 5.91 Å². The Labute approximate surface area is 101 Å². The molecule has 0 aliphatic carbocycles. The maximum Gasteiger partial charge on any atom is 0.250 e. The number of rotatable bonds is 5. The minimum absolute atomic E-state index is 0.178. The number of carbonyl (C=O) groups is 1. The van der Waals surface area contributed by atoms with E-state index < -0.39 is 6.10 Å². The second-order valence-electron chi connectivity index (χ2n) is 2.94. The van der Waals surface area contributed by atoms with Gasteiger partial charge in [-0.25, -0.2) is 0 Å². The van der Waals surface area contributed by atoms with Crippen molar-refractivity contribution in [2.45, 2.75) is 12.6 Å². The van der Waals surface area contributed by atoms with Crippen LogP contribution in [-0.2, 0) is 16.1 Å². The van der Waals surface area contributed by atoms with Crippen LogP contribution in [-0.4, -0.2) is 25.7 Å². The van der Waals surface area contributed by atoms with Crippen LogP contribution in [0.2, 0.25) is 0 Å². The molecular formula is C9H13BrN2O2S. The standard InChI is InChI=1S/C9H13BrN2O2S/c1-14-7(3-11)9(13)12-4-6-2-8(10)15-5-6/h2,5,7H,3-4,11H2,1H3,(H,12,13). The summed E-state index contributed by atoms with van der Waals surface area (Å²) in [5.41, 5.74) is 6.43. The number of nitrogens with two attached hydrogens (primary N) is 1. The highest BCUT2D eigenvalue weighted by Gasteiger charge is 2.14. The number of thiophene rings is 1. The van der Waals surface area contributed by atoms with Crippen LogP contribution in [0.5, 0.6) is 0 Å². The Hall–Kier alpha value is -0.430. The summed E-state index contributed by atoms with van der Waals surface area (Å²) in [6.45, 7) is 0.691. The SMILES string of the molecule is COC(CN)C(=O)NCc1csc(Br)c1. The summed E-state index contributed by atoms with van der Waals surface area (Å²) in [5, 5.41) is 4.74. The van der Waals surface area contributed by atoms with E-state index in [0.717, 1.165) is 9.35 Å². The van der Waals surface area contributed by atoms with Gasteiger partial charge < -0.3 is 15.8 Å². The number of nitrogens with one attached hydrogen (secondary N) is 1. The van der Waals surface area contributed by atoms with Gasteiger partial charge >= 0.3 is 0 Å². The number of ether oxygens (including phenoxy) is 1. The van der Waals surface area contributed by atoms with Gasteiger partial charge in [-0.05, 0) is 32.9 Å². The fourth-order valence-electron chi connectivity index (χ4n) is 1.05. The van der Waals surface area contributed by atoms with E-state index in [1.807, 2.05) is 11.4 Å².